The third-order valence-electron chi connectivity index (χ3n) is 3.22. The Morgan fingerprint density at radius 1 is 1.37 bits per heavy atom. The first-order valence-corrected chi connectivity index (χ1v) is 8.13. The second-order valence-corrected chi connectivity index (χ2v) is 6.72. The van der Waals surface area contributed by atoms with Gasteiger partial charge in [-0.15, -0.1) is 0 Å². The van der Waals surface area contributed by atoms with E-state index in [9.17, 15) is 8.42 Å². The van der Waals surface area contributed by atoms with Crippen molar-refractivity contribution in [2.24, 2.45) is 5.14 Å². The van der Waals surface area contributed by atoms with Crippen LogP contribution in [0.1, 0.15) is 17.9 Å². The van der Waals surface area contributed by atoms with Crippen molar-refractivity contribution in [3.8, 4) is 0 Å². The monoisotopic (exact) mass is 323 g/mol. The fraction of sp³-hybridized carbons (Fsp3) is 0.455. The SMILES string of the molecule is NS(=O)(=O)NC[C@H]1NCC[C@@H]1c1ccc(Cl)c(Cl)c1. The highest BCUT2D eigenvalue weighted by Crippen LogP contribution is 2.32. The minimum Gasteiger partial charge on any atom is -0.312 e. The van der Waals surface area contributed by atoms with Crippen LogP contribution in [0.15, 0.2) is 18.2 Å². The molecule has 0 amide bonds. The zero-order valence-electron chi connectivity index (χ0n) is 10.1. The Bertz CT molecular complexity index is 565. The van der Waals surface area contributed by atoms with Crippen LogP contribution in [0.5, 0.6) is 0 Å². The van der Waals surface area contributed by atoms with Crippen LogP contribution in [0.25, 0.3) is 0 Å². The topological polar surface area (TPSA) is 84.2 Å². The summed E-state index contributed by atoms with van der Waals surface area (Å²) in [5.41, 5.74) is 1.04. The van der Waals surface area contributed by atoms with E-state index in [-0.39, 0.29) is 18.5 Å². The average molecular weight is 324 g/mol. The van der Waals surface area contributed by atoms with Crippen molar-refractivity contribution in [3.63, 3.8) is 0 Å². The lowest BCUT2D eigenvalue weighted by atomic mass is 9.92. The number of hydrogen-bond acceptors (Lipinski definition) is 3. The van der Waals surface area contributed by atoms with Gasteiger partial charge in [-0.2, -0.15) is 8.42 Å². The van der Waals surface area contributed by atoms with Crippen LogP contribution >= 0.6 is 23.2 Å². The Hall–Kier alpha value is -0.370. The number of rotatable bonds is 4. The minimum absolute atomic E-state index is 0.00410. The molecule has 0 spiro atoms. The molecule has 2 rings (SSSR count). The molecule has 1 aliphatic rings. The van der Waals surface area contributed by atoms with Gasteiger partial charge in [0.15, 0.2) is 0 Å². The molecule has 0 aliphatic carbocycles. The van der Waals surface area contributed by atoms with E-state index in [2.05, 4.69) is 10.0 Å². The molecule has 1 aromatic carbocycles. The smallest absolute Gasteiger partial charge is 0.274 e. The van der Waals surface area contributed by atoms with Gasteiger partial charge in [-0.3, -0.25) is 0 Å². The van der Waals surface area contributed by atoms with Crippen molar-refractivity contribution in [2.45, 2.75) is 18.4 Å². The summed E-state index contributed by atoms with van der Waals surface area (Å²) in [6.07, 6.45) is 0.912. The van der Waals surface area contributed by atoms with Crippen molar-refractivity contribution in [2.75, 3.05) is 13.1 Å². The summed E-state index contributed by atoms with van der Waals surface area (Å²) < 4.78 is 24.2. The lowest BCUT2D eigenvalue weighted by Gasteiger charge is -2.20. The van der Waals surface area contributed by atoms with Crippen molar-refractivity contribution in [1.29, 1.82) is 0 Å². The third-order valence-corrected chi connectivity index (χ3v) is 4.53. The van der Waals surface area contributed by atoms with Gasteiger partial charge >= 0.3 is 0 Å². The largest absolute Gasteiger partial charge is 0.312 e. The molecule has 106 valence electrons. The highest BCUT2D eigenvalue weighted by Gasteiger charge is 2.29. The molecule has 5 nitrogen and oxygen atoms in total. The molecule has 1 aromatic rings. The molecular weight excluding hydrogens is 309 g/mol. The second kappa shape index (κ2) is 5.95. The summed E-state index contributed by atoms with van der Waals surface area (Å²) in [5, 5.41) is 9.20. The molecule has 0 radical (unpaired) electrons. The van der Waals surface area contributed by atoms with Gasteiger partial charge in [0.1, 0.15) is 0 Å². The van der Waals surface area contributed by atoms with Gasteiger partial charge in [0.25, 0.3) is 10.2 Å². The number of benzene rings is 1. The number of hydrogen-bond donors (Lipinski definition) is 3. The van der Waals surface area contributed by atoms with Gasteiger partial charge in [0, 0.05) is 18.5 Å². The van der Waals surface area contributed by atoms with E-state index in [0.29, 0.717) is 10.0 Å². The molecule has 0 saturated carbocycles. The summed E-state index contributed by atoms with van der Waals surface area (Å²) in [5.74, 6) is 0.184. The lowest BCUT2D eigenvalue weighted by Crippen LogP contribution is -2.42. The first-order chi connectivity index (χ1) is 8.87. The van der Waals surface area contributed by atoms with E-state index in [4.69, 9.17) is 28.3 Å². The summed E-state index contributed by atoms with van der Waals surface area (Å²) in [4.78, 5) is 0. The van der Waals surface area contributed by atoms with Crippen molar-refractivity contribution in [3.05, 3.63) is 33.8 Å². The van der Waals surface area contributed by atoms with Crippen LogP contribution in [-0.2, 0) is 10.2 Å². The van der Waals surface area contributed by atoms with E-state index in [0.717, 1.165) is 18.5 Å². The summed E-state index contributed by atoms with van der Waals surface area (Å²) >= 11 is 11.9. The van der Waals surface area contributed by atoms with Crippen molar-refractivity contribution >= 4 is 33.4 Å². The van der Waals surface area contributed by atoms with Gasteiger partial charge in [0.2, 0.25) is 0 Å². The molecule has 1 aliphatic heterocycles. The maximum absolute atomic E-state index is 10.9. The second-order valence-electron chi connectivity index (χ2n) is 4.52. The highest BCUT2D eigenvalue weighted by atomic mass is 35.5. The van der Waals surface area contributed by atoms with Gasteiger partial charge in [-0.25, -0.2) is 9.86 Å². The quantitative estimate of drug-likeness (QED) is 0.779. The molecular formula is C11H15Cl2N3O2S. The number of nitrogens with one attached hydrogen (secondary N) is 2. The maximum Gasteiger partial charge on any atom is 0.274 e. The van der Waals surface area contributed by atoms with E-state index in [1.54, 1.807) is 6.07 Å². The third kappa shape index (κ3) is 4.05. The van der Waals surface area contributed by atoms with Crippen LogP contribution < -0.4 is 15.2 Å². The van der Waals surface area contributed by atoms with Gasteiger partial charge in [0.05, 0.1) is 10.0 Å². The molecule has 1 saturated heterocycles. The van der Waals surface area contributed by atoms with Crippen LogP contribution in [-0.4, -0.2) is 27.5 Å². The van der Waals surface area contributed by atoms with E-state index >= 15 is 0 Å². The van der Waals surface area contributed by atoms with Gasteiger partial charge in [-0.05, 0) is 30.7 Å². The van der Waals surface area contributed by atoms with Gasteiger partial charge < -0.3 is 5.32 Å². The Morgan fingerprint density at radius 3 is 2.74 bits per heavy atom. The molecule has 19 heavy (non-hydrogen) atoms. The minimum atomic E-state index is -3.67. The predicted octanol–water partition coefficient (Wildman–Crippen LogP) is 1.23. The summed E-state index contributed by atoms with van der Waals surface area (Å²) in [7, 11) is -3.67. The fourth-order valence-electron chi connectivity index (χ4n) is 2.33. The number of nitrogens with two attached hydrogens (primary N) is 1. The van der Waals surface area contributed by atoms with Crippen LogP contribution in [0.4, 0.5) is 0 Å². The Labute approximate surface area is 122 Å². The fourth-order valence-corrected chi connectivity index (χ4v) is 3.05. The highest BCUT2D eigenvalue weighted by molar-refractivity contribution is 7.87. The first kappa shape index (κ1) is 15.0. The molecule has 0 aromatic heterocycles. The zero-order valence-corrected chi connectivity index (χ0v) is 12.4. The summed E-state index contributed by atoms with van der Waals surface area (Å²) in [6.45, 7) is 1.08. The predicted molar refractivity (Wildman–Crippen MR) is 76.7 cm³/mol. The standard InChI is InChI=1S/C11H15Cl2N3O2S/c12-9-2-1-7(5-10(9)13)8-3-4-15-11(8)6-16-19(14,17)18/h1-2,5,8,11,15-16H,3-4,6H2,(H2,14,17,18)/t8-,11-/m1/s1. The van der Waals surface area contributed by atoms with Crippen molar-refractivity contribution in [1.82, 2.24) is 10.0 Å². The molecule has 0 bridgehead atoms. The van der Waals surface area contributed by atoms with Crippen LogP contribution in [0.2, 0.25) is 10.0 Å². The molecule has 8 heteroatoms. The first-order valence-electron chi connectivity index (χ1n) is 5.82. The lowest BCUT2D eigenvalue weighted by molar-refractivity contribution is 0.522. The van der Waals surface area contributed by atoms with E-state index in [1.807, 2.05) is 12.1 Å². The van der Waals surface area contributed by atoms with Crippen LogP contribution in [0.3, 0.4) is 0 Å². The average Bonchev–Trinajstić information content (AvgIpc) is 2.77. The van der Waals surface area contributed by atoms with E-state index in [1.165, 1.54) is 0 Å². The summed E-state index contributed by atoms with van der Waals surface area (Å²) in [6, 6.07) is 5.49. The van der Waals surface area contributed by atoms with E-state index < -0.39 is 10.2 Å². The molecule has 2 atom stereocenters. The normalized spacial score (nSPS) is 23.7. The molecule has 4 N–H and O–H groups in total. The maximum atomic E-state index is 10.9. The molecule has 1 heterocycles. The van der Waals surface area contributed by atoms with Crippen molar-refractivity contribution < 1.29 is 8.42 Å². The zero-order chi connectivity index (χ0) is 14.0. The van der Waals surface area contributed by atoms with Gasteiger partial charge in [-0.1, -0.05) is 29.3 Å². The number of halogens is 2. The Kier molecular flexibility index (Phi) is 4.70. The van der Waals surface area contributed by atoms with Crippen LogP contribution in [0, 0.1) is 0 Å². The molecule has 1 fully saturated rings. The molecule has 0 unspecified atom stereocenters. The Balaban J connectivity index is 2.11. The Morgan fingerprint density at radius 2 is 2.11 bits per heavy atom.